The van der Waals surface area contributed by atoms with Crippen molar-refractivity contribution in [3.8, 4) is 0 Å². The maximum atomic E-state index is 14.6. The van der Waals surface area contributed by atoms with Gasteiger partial charge in [0.25, 0.3) is 11.8 Å². The molecule has 49 heavy (non-hydrogen) atoms. The van der Waals surface area contributed by atoms with E-state index < -0.39 is 59.0 Å². The molecule has 0 unspecified atom stereocenters. The minimum Gasteiger partial charge on any atom is -0.347 e. The van der Waals surface area contributed by atoms with E-state index in [-0.39, 0.29) is 35.4 Å². The molecule has 0 aromatic carbocycles. The van der Waals surface area contributed by atoms with E-state index in [1.807, 2.05) is 27.7 Å². The Morgan fingerprint density at radius 1 is 0.898 bits per heavy atom. The van der Waals surface area contributed by atoms with E-state index in [1.165, 1.54) is 18.6 Å². The number of aromatic nitrogens is 2. The van der Waals surface area contributed by atoms with Crippen LogP contribution in [-0.2, 0) is 24.0 Å². The summed E-state index contributed by atoms with van der Waals surface area (Å²) < 4.78 is 0. The molecule has 0 bridgehead atoms. The van der Waals surface area contributed by atoms with Gasteiger partial charge in [-0.1, -0.05) is 59.8 Å². The Hall–Kier alpha value is -3.90. The van der Waals surface area contributed by atoms with E-state index in [0.717, 1.165) is 64.2 Å². The fraction of sp³-hybridized carbons (Fsp3) is 0.722. The van der Waals surface area contributed by atoms with Crippen LogP contribution >= 0.6 is 0 Å². The van der Waals surface area contributed by atoms with Crippen molar-refractivity contribution in [2.45, 2.75) is 135 Å². The first kappa shape index (κ1) is 36.4. The second kappa shape index (κ2) is 15.8. The molecule has 5 amide bonds. The van der Waals surface area contributed by atoms with Gasteiger partial charge in [0.2, 0.25) is 23.5 Å². The smallest absolute Gasteiger partial charge is 0.289 e. The molecule has 0 spiro atoms. The highest BCUT2D eigenvalue weighted by Gasteiger charge is 2.52. The van der Waals surface area contributed by atoms with E-state index in [1.54, 1.807) is 4.90 Å². The Morgan fingerprint density at radius 3 is 2.27 bits per heavy atom. The van der Waals surface area contributed by atoms with E-state index in [0.29, 0.717) is 19.4 Å². The van der Waals surface area contributed by atoms with E-state index in [4.69, 9.17) is 0 Å². The molecule has 0 radical (unpaired) electrons. The third-order valence-electron chi connectivity index (χ3n) is 10.7. The van der Waals surface area contributed by atoms with Gasteiger partial charge < -0.3 is 26.2 Å². The van der Waals surface area contributed by atoms with Crippen LogP contribution in [0.5, 0.6) is 0 Å². The van der Waals surface area contributed by atoms with Gasteiger partial charge >= 0.3 is 0 Å². The predicted molar refractivity (Wildman–Crippen MR) is 181 cm³/mol. The SMILES string of the molecule is CCC[C@@H](NC(=O)[C@H]1[C@@H]2CCC[C@@H]2CN1C(=O)[C@H](NC(=O)[C@@H](NC(=O)c1cnccn1)C1CCCCC1)C(C)(C)C)C(=O)C(=O)NC1CC1. The van der Waals surface area contributed by atoms with Gasteiger partial charge in [-0.25, -0.2) is 4.98 Å². The number of hydrogen-bond acceptors (Lipinski definition) is 8. The number of hydrogen-bond donors (Lipinski definition) is 4. The van der Waals surface area contributed by atoms with Gasteiger partial charge in [-0.15, -0.1) is 0 Å². The summed E-state index contributed by atoms with van der Waals surface area (Å²) in [5, 5.41) is 11.5. The van der Waals surface area contributed by atoms with Crippen LogP contribution in [0.4, 0.5) is 0 Å². The summed E-state index contributed by atoms with van der Waals surface area (Å²) in [5.74, 6) is -3.20. The van der Waals surface area contributed by atoms with Gasteiger partial charge in [-0.05, 0) is 68.1 Å². The molecule has 1 aromatic heterocycles. The summed E-state index contributed by atoms with van der Waals surface area (Å²) in [7, 11) is 0. The number of Topliss-reactive ketones (excluding diaryl/α,β-unsaturated/α-hetero) is 1. The summed E-state index contributed by atoms with van der Waals surface area (Å²) in [5.41, 5.74) is -0.638. The van der Waals surface area contributed by atoms with Gasteiger partial charge in [0.05, 0.1) is 12.2 Å². The van der Waals surface area contributed by atoms with Crippen LogP contribution in [0.2, 0.25) is 0 Å². The molecule has 4 N–H and O–H groups in total. The van der Waals surface area contributed by atoms with Gasteiger partial charge in [-0.3, -0.25) is 33.8 Å². The number of ketones is 1. The number of nitrogens with one attached hydrogen (secondary N) is 4. The summed E-state index contributed by atoms with van der Waals surface area (Å²) in [6.45, 7) is 7.85. The fourth-order valence-corrected chi connectivity index (χ4v) is 7.87. The summed E-state index contributed by atoms with van der Waals surface area (Å²) >= 11 is 0. The van der Waals surface area contributed by atoms with Crippen LogP contribution in [0.1, 0.15) is 115 Å². The zero-order valence-corrected chi connectivity index (χ0v) is 29.3. The molecule has 1 saturated heterocycles. The lowest BCUT2D eigenvalue weighted by atomic mass is 9.82. The van der Waals surface area contributed by atoms with Crippen LogP contribution in [0, 0.1) is 23.2 Å². The van der Waals surface area contributed by atoms with E-state index in [2.05, 4.69) is 31.2 Å². The Bertz CT molecular complexity index is 1390. The van der Waals surface area contributed by atoms with Crippen molar-refractivity contribution in [3.05, 3.63) is 24.3 Å². The quantitative estimate of drug-likeness (QED) is 0.230. The Labute approximate surface area is 288 Å². The fourth-order valence-electron chi connectivity index (χ4n) is 7.87. The van der Waals surface area contributed by atoms with E-state index in [9.17, 15) is 28.8 Å². The molecule has 4 fully saturated rings. The summed E-state index contributed by atoms with van der Waals surface area (Å²) in [4.78, 5) is 91.4. The highest BCUT2D eigenvalue weighted by atomic mass is 16.2. The number of carbonyl (C=O) groups excluding carboxylic acids is 6. The monoisotopic (exact) mass is 679 g/mol. The molecular formula is C36H53N7O6. The molecule has 268 valence electrons. The minimum atomic E-state index is -0.994. The van der Waals surface area contributed by atoms with E-state index >= 15 is 0 Å². The largest absolute Gasteiger partial charge is 0.347 e. The van der Waals surface area contributed by atoms with Gasteiger partial charge in [0.1, 0.15) is 23.8 Å². The molecule has 13 nitrogen and oxygen atoms in total. The molecular weight excluding hydrogens is 626 g/mol. The van der Waals surface area contributed by atoms with Gasteiger partial charge in [-0.2, -0.15) is 0 Å². The highest BCUT2D eigenvalue weighted by molar-refractivity contribution is 6.38. The number of rotatable bonds is 13. The minimum absolute atomic E-state index is 0.0132. The highest BCUT2D eigenvalue weighted by Crippen LogP contribution is 2.43. The lowest BCUT2D eigenvalue weighted by Crippen LogP contribution is -2.62. The average molecular weight is 680 g/mol. The molecule has 6 atom stereocenters. The van der Waals surface area contributed by atoms with Gasteiger partial charge in [0.15, 0.2) is 0 Å². The van der Waals surface area contributed by atoms with Gasteiger partial charge in [0, 0.05) is 25.0 Å². The molecule has 3 aliphatic carbocycles. The summed E-state index contributed by atoms with van der Waals surface area (Å²) in [6.07, 6.45) is 13.9. The van der Waals surface area contributed by atoms with Crippen LogP contribution in [-0.4, -0.2) is 86.9 Å². The van der Waals surface area contributed by atoms with Crippen molar-refractivity contribution in [3.63, 3.8) is 0 Å². The molecule has 3 saturated carbocycles. The molecule has 13 heteroatoms. The molecule has 1 aromatic rings. The first-order valence-electron chi connectivity index (χ1n) is 18.2. The number of likely N-dealkylation sites (tertiary alicyclic amines) is 1. The van der Waals surface area contributed by atoms with Crippen molar-refractivity contribution in [2.24, 2.45) is 23.2 Å². The zero-order chi connectivity index (χ0) is 35.3. The van der Waals surface area contributed by atoms with Crippen LogP contribution in [0.15, 0.2) is 18.6 Å². The standard InChI is InChI=1S/C36H53N7O6/c1-5-10-25(29(44)34(48)39-23-15-16-23)40-33(47)28-24-14-9-13-22(24)20-43(28)35(49)30(36(2,3)4)42-32(46)27(21-11-7-6-8-12-21)41-31(45)26-19-37-17-18-38-26/h17-19,21-25,27-28,30H,5-16,20H2,1-4H3,(H,39,48)(H,40,47)(H,41,45)(H,42,46)/t22-,24-,25-,27+,28-,30+/m1/s1. The van der Waals surface area contributed by atoms with Crippen molar-refractivity contribution in [1.29, 1.82) is 0 Å². The van der Waals surface area contributed by atoms with Crippen LogP contribution < -0.4 is 21.3 Å². The zero-order valence-electron chi connectivity index (χ0n) is 29.3. The van der Waals surface area contributed by atoms with Crippen LogP contribution in [0.25, 0.3) is 0 Å². The average Bonchev–Trinajstić information content (AvgIpc) is 3.65. The predicted octanol–water partition coefficient (Wildman–Crippen LogP) is 2.45. The Balaban J connectivity index is 1.36. The molecule has 2 heterocycles. The van der Waals surface area contributed by atoms with Crippen LogP contribution in [0.3, 0.4) is 0 Å². The topological polar surface area (TPSA) is 180 Å². The number of amides is 5. The number of carbonyl (C=O) groups is 6. The lowest BCUT2D eigenvalue weighted by molar-refractivity contribution is -0.146. The number of fused-ring (bicyclic) bond motifs is 1. The maximum absolute atomic E-state index is 14.6. The third kappa shape index (κ3) is 8.83. The summed E-state index contributed by atoms with van der Waals surface area (Å²) in [6, 6.07) is -3.68. The second-order valence-corrected chi connectivity index (χ2v) is 15.5. The van der Waals surface area contributed by atoms with Crippen molar-refractivity contribution >= 4 is 35.3 Å². The van der Waals surface area contributed by atoms with Crippen molar-refractivity contribution in [2.75, 3.05) is 6.54 Å². The Kier molecular flexibility index (Phi) is 11.7. The number of nitrogens with zero attached hydrogens (tertiary/aromatic N) is 3. The Morgan fingerprint density at radius 2 is 1.63 bits per heavy atom. The first-order valence-corrected chi connectivity index (χ1v) is 18.2. The van der Waals surface area contributed by atoms with Crippen molar-refractivity contribution < 1.29 is 28.8 Å². The first-order chi connectivity index (χ1) is 23.4. The normalized spacial score (nSPS) is 24.2. The third-order valence-corrected chi connectivity index (χ3v) is 10.7. The maximum Gasteiger partial charge on any atom is 0.289 e. The molecule has 4 aliphatic rings. The lowest BCUT2D eigenvalue weighted by Gasteiger charge is -2.38. The molecule has 1 aliphatic heterocycles. The second-order valence-electron chi connectivity index (χ2n) is 15.5. The molecule has 5 rings (SSSR count). The van der Waals surface area contributed by atoms with Crippen molar-refractivity contribution in [1.82, 2.24) is 36.1 Å².